The molecule has 4 rings (SSSR count). The molecule has 4 aliphatic carbocycles. The Morgan fingerprint density at radius 3 is 1.29 bits per heavy atom. The number of fused-ring (bicyclic) bond motifs is 2. The summed E-state index contributed by atoms with van der Waals surface area (Å²) in [6, 6.07) is 0. The second-order valence-electron chi connectivity index (χ2n) is 8.72. The van der Waals surface area contributed by atoms with Gasteiger partial charge in [0.1, 0.15) is 11.6 Å². The molecular formula is C22H28O6. The summed E-state index contributed by atoms with van der Waals surface area (Å²) in [5, 5.41) is 40.0. The van der Waals surface area contributed by atoms with Crippen molar-refractivity contribution >= 4 is 11.6 Å². The average molecular weight is 388 g/mol. The van der Waals surface area contributed by atoms with E-state index in [0.717, 1.165) is 11.1 Å². The molecule has 0 bridgehead atoms. The maximum absolute atomic E-state index is 12.3. The van der Waals surface area contributed by atoms with Crippen LogP contribution in [0.4, 0.5) is 0 Å². The summed E-state index contributed by atoms with van der Waals surface area (Å²) in [6.07, 6.45) is 6.35. The lowest BCUT2D eigenvalue weighted by molar-refractivity contribution is -0.130. The molecule has 4 aliphatic rings. The van der Waals surface area contributed by atoms with Crippen LogP contribution in [-0.2, 0) is 9.59 Å². The van der Waals surface area contributed by atoms with Gasteiger partial charge in [0.25, 0.3) is 0 Å². The van der Waals surface area contributed by atoms with E-state index in [2.05, 4.69) is 0 Å². The van der Waals surface area contributed by atoms with Crippen LogP contribution in [0.1, 0.15) is 38.5 Å². The highest BCUT2D eigenvalue weighted by Crippen LogP contribution is 2.42. The summed E-state index contributed by atoms with van der Waals surface area (Å²) < 4.78 is 0. The highest BCUT2D eigenvalue weighted by Gasteiger charge is 2.43. The molecule has 2 saturated carbocycles. The number of hydrogen-bond acceptors (Lipinski definition) is 6. The van der Waals surface area contributed by atoms with Crippen molar-refractivity contribution in [2.75, 3.05) is 0 Å². The zero-order valence-electron chi connectivity index (χ0n) is 15.8. The van der Waals surface area contributed by atoms with Crippen molar-refractivity contribution in [3.05, 3.63) is 35.5 Å². The Morgan fingerprint density at radius 1 is 0.607 bits per heavy atom. The molecule has 0 aromatic heterocycles. The van der Waals surface area contributed by atoms with E-state index in [1.807, 2.05) is 24.3 Å². The van der Waals surface area contributed by atoms with E-state index < -0.39 is 24.4 Å². The molecule has 0 saturated heterocycles. The van der Waals surface area contributed by atoms with E-state index in [9.17, 15) is 30.0 Å². The van der Waals surface area contributed by atoms with E-state index in [0.29, 0.717) is 38.5 Å². The van der Waals surface area contributed by atoms with Crippen molar-refractivity contribution in [1.82, 2.24) is 0 Å². The Bertz CT molecular complexity index is 688. The first-order valence-corrected chi connectivity index (χ1v) is 10.2. The van der Waals surface area contributed by atoms with Crippen LogP contribution in [0, 0.1) is 23.7 Å². The number of carbonyl (C=O) groups excluding carboxylic acids is 2. The van der Waals surface area contributed by atoms with Gasteiger partial charge < -0.3 is 20.4 Å². The van der Waals surface area contributed by atoms with Gasteiger partial charge in [0.2, 0.25) is 0 Å². The van der Waals surface area contributed by atoms with Gasteiger partial charge in [-0.2, -0.15) is 0 Å². The Morgan fingerprint density at radius 2 is 0.929 bits per heavy atom. The Balaban J connectivity index is 1.55. The van der Waals surface area contributed by atoms with Crippen LogP contribution < -0.4 is 0 Å². The van der Waals surface area contributed by atoms with E-state index >= 15 is 0 Å². The van der Waals surface area contributed by atoms with Crippen molar-refractivity contribution in [2.45, 2.75) is 62.9 Å². The Hall–Kier alpha value is -1.60. The second kappa shape index (κ2) is 7.67. The number of allylic oxidation sites excluding steroid dienone is 6. The molecule has 4 N–H and O–H groups in total. The maximum atomic E-state index is 12.3. The van der Waals surface area contributed by atoms with Gasteiger partial charge in [0.05, 0.1) is 24.4 Å². The number of aliphatic hydroxyl groups is 4. The predicted molar refractivity (Wildman–Crippen MR) is 101 cm³/mol. The van der Waals surface area contributed by atoms with Gasteiger partial charge in [0, 0.05) is 24.7 Å². The SMILES string of the molecule is O=C1CC=C(/C=C/C2=CCC(=O)[C@@H]3C[C@@H](O)[C@@H](O)C[C@@H]23)[C@@H]2C[C@H](O)[C@H](O)C[C@@H]12. The molecule has 0 aliphatic heterocycles. The molecule has 0 amide bonds. The number of carbonyl (C=O) groups is 2. The average Bonchev–Trinajstić information content (AvgIpc) is 2.66. The number of aliphatic hydroxyl groups excluding tert-OH is 4. The smallest absolute Gasteiger partial charge is 0.140 e. The lowest BCUT2D eigenvalue weighted by atomic mass is 9.66. The minimum atomic E-state index is -0.850. The Labute approximate surface area is 164 Å². The fourth-order valence-corrected chi connectivity index (χ4v) is 5.39. The van der Waals surface area contributed by atoms with Crippen molar-refractivity contribution in [3.63, 3.8) is 0 Å². The normalized spacial score (nSPS) is 44.0. The van der Waals surface area contributed by atoms with Crippen LogP contribution >= 0.6 is 0 Å². The van der Waals surface area contributed by atoms with Gasteiger partial charge in [-0.05, 0) is 48.7 Å². The molecule has 0 heterocycles. The summed E-state index contributed by atoms with van der Waals surface area (Å²) in [6.45, 7) is 0. The third-order valence-electron chi connectivity index (χ3n) is 7.07. The minimum Gasteiger partial charge on any atom is -0.390 e. The number of ketones is 2. The van der Waals surface area contributed by atoms with Crippen LogP contribution in [0.5, 0.6) is 0 Å². The van der Waals surface area contributed by atoms with Crippen molar-refractivity contribution in [3.8, 4) is 0 Å². The van der Waals surface area contributed by atoms with E-state index in [1.54, 1.807) is 0 Å². The van der Waals surface area contributed by atoms with Gasteiger partial charge in [-0.15, -0.1) is 0 Å². The fourth-order valence-electron chi connectivity index (χ4n) is 5.39. The quantitative estimate of drug-likeness (QED) is 0.557. The summed E-state index contributed by atoms with van der Waals surface area (Å²) >= 11 is 0. The summed E-state index contributed by atoms with van der Waals surface area (Å²) in [5.41, 5.74) is 1.97. The van der Waals surface area contributed by atoms with Crippen LogP contribution in [0.2, 0.25) is 0 Å². The monoisotopic (exact) mass is 388 g/mol. The predicted octanol–water partition coefficient (Wildman–Crippen LogP) is 0.837. The zero-order chi connectivity index (χ0) is 20.0. The van der Waals surface area contributed by atoms with Crippen LogP contribution in [-0.4, -0.2) is 56.4 Å². The molecule has 28 heavy (non-hydrogen) atoms. The maximum Gasteiger partial charge on any atom is 0.140 e. The molecule has 6 nitrogen and oxygen atoms in total. The molecular weight excluding hydrogens is 360 g/mol. The third-order valence-corrected chi connectivity index (χ3v) is 7.07. The Kier molecular flexibility index (Phi) is 5.40. The first-order chi connectivity index (χ1) is 13.3. The number of hydrogen-bond donors (Lipinski definition) is 4. The van der Waals surface area contributed by atoms with Gasteiger partial charge in [-0.25, -0.2) is 0 Å². The van der Waals surface area contributed by atoms with Gasteiger partial charge in [-0.1, -0.05) is 24.3 Å². The van der Waals surface area contributed by atoms with Crippen LogP contribution in [0.25, 0.3) is 0 Å². The molecule has 8 atom stereocenters. The van der Waals surface area contributed by atoms with Crippen LogP contribution in [0.15, 0.2) is 35.5 Å². The molecule has 152 valence electrons. The molecule has 0 unspecified atom stereocenters. The van der Waals surface area contributed by atoms with E-state index in [-0.39, 0.29) is 35.2 Å². The highest BCUT2D eigenvalue weighted by molar-refractivity contribution is 5.86. The third kappa shape index (κ3) is 3.54. The van der Waals surface area contributed by atoms with Crippen molar-refractivity contribution < 1.29 is 30.0 Å². The lowest BCUT2D eigenvalue weighted by Crippen LogP contribution is -2.44. The standard InChI is InChI=1S/C22H28O6/c23-17-5-3-11(13-7-19(25)21(27)9-15(13)17)1-2-12-4-6-18(24)16-10-22(28)20(26)8-14(12)16/h1-4,13-16,19-22,25-28H,5-10H2/b2-1+/t13-,14-,15+,16+,19-,20-,21+,22+/m0/s1. The number of rotatable bonds is 2. The molecule has 0 spiro atoms. The van der Waals surface area contributed by atoms with Crippen LogP contribution in [0.3, 0.4) is 0 Å². The van der Waals surface area contributed by atoms with Gasteiger partial charge >= 0.3 is 0 Å². The number of Topliss-reactive ketones (excluding diaryl/α,β-unsaturated/α-hetero) is 2. The lowest BCUT2D eigenvalue weighted by Gasteiger charge is -2.40. The minimum absolute atomic E-state index is 0.101. The van der Waals surface area contributed by atoms with Gasteiger partial charge in [-0.3, -0.25) is 9.59 Å². The highest BCUT2D eigenvalue weighted by atomic mass is 16.3. The molecule has 2 fully saturated rings. The molecule has 0 aromatic rings. The summed E-state index contributed by atoms with van der Waals surface area (Å²) in [5.74, 6) is -0.499. The fraction of sp³-hybridized carbons (Fsp3) is 0.636. The summed E-state index contributed by atoms with van der Waals surface area (Å²) in [4.78, 5) is 24.5. The summed E-state index contributed by atoms with van der Waals surface area (Å²) in [7, 11) is 0. The topological polar surface area (TPSA) is 115 Å². The van der Waals surface area contributed by atoms with Crippen molar-refractivity contribution in [2.24, 2.45) is 23.7 Å². The van der Waals surface area contributed by atoms with E-state index in [1.165, 1.54) is 0 Å². The first kappa shape index (κ1) is 19.7. The van der Waals surface area contributed by atoms with Crippen molar-refractivity contribution in [1.29, 1.82) is 0 Å². The largest absolute Gasteiger partial charge is 0.390 e. The molecule has 0 radical (unpaired) electrons. The molecule has 6 heteroatoms. The van der Waals surface area contributed by atoms with Gasteiger partial charge in [0.15, 0.2) is 0 Å². The molecule has 0 aromatic carbocycles. The first-order valence-electron chi connectivity index (χ1n) is 10.2. The zero-order valence-corrected chi connectivity index (χ0v) is 15.8. The second-order valence-corrected chi connectivity index (χ2v) is 8.72. The van der Waals surface area contributed by atoms with E-state index in [4.69, 9.17) is 0 Å².